The molecule has 0 aromatic heterocycles. The quantitative estimate of drug-likeness (QED) is 0.890. The number of aryl methyl sites for hydroxylation is 2. The van der Waals surface area contributed by atoms with Crippen molar-refractivity contribution in [2.24, 2.45) is 5.73 Å². The normalized spacial score (nSPS) is 24.2. The largest absolute Gasteiger partial charge is 0.378 e. The van der Waals surface area contributed by atoms with E-state index < -0.39 is 0 Å². The third kappa shape index (κ3) is 3.10. The standard InChI is InChI=1S/C15H23NO2/c1-12-4-5-13(2)14(8-12)9-18-15(10-16)6-3-7-17-11-15/h4-5,8H,3,6-7,9-11,16H2,1-2H3. The molecule has 0 saturated carbocycles. The highest BCUT2D eigenvalue weighted by atomic mass is 16.5. The molecule has 1 fully saturated rings. The lowest BCUT2D eigenvalue weighted by Gasteiger charge is -2.36. The minimum absolute atomic E-state index is 0.283. The van der Waals surface area contributed by atoms with Crippen molar-refractivity contribution in [3.63, 3.8) is 0 Å². The van der Waals surface area contributed by atoms with Gasteiger partial charge < -0.3 is 15.2 Å². The van der Waals surface area contributed by atoms with Crippen molar-refractivity contribution in [3.05, 3.63) is 34.9 Å². The number of nitrogens with two attached hydrogens (primary N) is 1. The van der Waals surface area contributed by atoms with Crippen molar-refractivity contribution < 1.29 is 9.47 Å². The van der Waals surface area contributed by atoms with Crippen LogP contribution in [0.5, 0.6) is 0 Å². The van der Waals surface area contributed by atoms with Crippen molar-refractivity contribution >= 4 is 0 Å². The lowest BCUT2D eigenvalue weighted by Crippen LogP contribution is -2.47. The van der Waals surface area contributed by atoms with Crippen molar-refractivity contribution in [1.29, 1.82) is 0 Å². The maximum atomic E-state index is 6.09. The van der Waals surface area contributed by atoms with Crippen molar-refractivity contribution in [2.75, 3.05) is 19.8 Å². The fraction of sp³-hybridized carbons (Fsp3) is 0.600. The van der Waals surface area contributed by atoms with Gasteiger partial charge in [-0.15, -0.1) is 0 Å². The van der Waals surface area contributed by atoms with Crippen LogP contribution in [0, 0.1) is 13.8 Å². The Balaban J connectivity index is 2.03. The van der Waals surface area contributed by atoms with E-state index in [0.717, 1.165) is 19.4 Å². The molecule has 0 aliphatic carbocycles. The third-order valence-electron chi connectivity index (χ3n) is 3.70. The Morgan fingerprint density at radius 2 is 2.22 bits per heavy atom. The van der Waals surface area contributed by atoms with Gasteiger partial charge in [-0.05, 0) is 37.8 Å². The van der Waals surface area contributed by atoms with E-state index in [1.165, 1.54) is 16.7 Å². The molecule has 1 atom stereocenters. The zero-order valence-electron chi connectivity index (χ0n) is 11.4. The lowest BCUT2D eigenvalue weighted by atomic mass is 9.96. The smallest absolute Gasteiger partial charge is 0.104 e. The van der Waals surface area contributed by atoms with Gasteiger partial charge in [-0.3, -0.25) is 0 Å². The molecule has 1 aromatic rings. The van der Waals surface area contributed by atoms with Gasteiger partial charge in [0.05, 0.1) is 13.2 Å². The van der Waals surface area contributed by atoms with E-state index in [1.54, 1.807) is 0 Å². The second kappa shape index (κ2) is 5.83. The summed E-state index contributed by atoms with van der Waals surface area (Å²) in [6.07, 6.45) is 2.03. The zero-order chi connectivity index (χ0) is 13.0. The molecule has 18 heavy (non-hydrogen) atoms. The van der Waals surface area contributed by atoms with Crippen molar-refractivity contribution in [2.45, 2.75) is 38.9 Å². The van der Waals surface area contributed by atoms with Crippen LogP contribution in [0.4, 0.5) is 0 Å². The first-order valence-electron chi connectivity index (χ1n) is 6.63. The van der Waals surface area contributed by atoms with Crippen LogP contribution in [-0.2, 0) is 16.1 Å². The summed E-state index contributed by atoms with van der Waals surface area (Å²) in [5, 5.41) is 0. The second-order valence-corrected chi connectivity index (χ2v) is 5.26. The molecule has 0 radical (unpaired) electrons. The number of hydrogen-bond donors (Lipinski definition) is 1. The van der Waals surface area contributed by atoms with Crippen LogP contribution >= 0.6 is 0 Å². The first-order chi connectivity index (χ1) is 8.65. The Morgan fingerprint density at radius 3 is 2.89 bits per heavy atom. The topological polar surface area (TPSA) is 44.5 Å². The Morgan fingerprint density at radius 1 is 1.39 bits per heavy atom. The van der Waals surface area contributed by atoms with Gasteiger partial charge in [0, 0.05) is 13.2 Å². The zero-order valence-corrected chi connectivity index (χ0v) is 11.4. The van der Waals surface area contributed by atoms with Crippen molar-refractivity contribution in [3.8, 4) is 0 Å². The third-order valence-corrected chi connectivity index (χ3v) is 3.70. The van der Waals surface area contributed by atoms with Gasteiger partial charge in [0.2, 0.25) is 0 Å². The molecule has 3 heteroatoms. The highest BCUT2D eigenvalue weighted by Crippen LogP contribution is 2.24. The van der Waals surface area contributed by atoms with E-state index in [4.69, 9.17) is 15.2 Å². The van der Waals surface area contributed by atoms with Crippen LogP contribution in [0.3, 0.4) is 0 Å². The van der Waals surface area contributed by atoms with Crippen molar-refractivity contribution in [1.82, 2.24) is 0 Å². The number of rotatable bonds is 4. The molecule has 3 nitrogen and oxygen atoms in total. The lowest BCUT2D eigenvalue weighted by molar-refractivity contribution is -0.130. The van der Waals surface area contributed by atoms with Gasteiger partial charge in [0.25, 0.3) is 0 Å². The average molecular weight is 249 g/mol. The molecule has 0 amide bonds. The molecule has 1 aliphatic rings. The molecule has 1 aromatic carbocycles. The van der Waals surface area contributed by atoms with Crippen LogP contribution in [0.15, 0.2) is 18.2 Å². The van der Waals surface area contributed by atoms with Crippen LogP contribution in [0.25, 0.3) is 0 Å². The summed E-state index contributed by atoms with van der Waals surface area (Å²) in [6, 6.07) is 6.45. The molecular formula is C15H23NO2. The summed E-state index contributed by atoms with van der Waals surface area (Å²) in [5.41, 5.74) is 9.36. The average Bonchev–Trinajstić information content (AvgIpc) is 2.41. The summed E-state index contributed by atoms with van der Waals surface area (Å²) in [7, 11) is 0. The van der Waals surface area contributed by atoms with Gasteiger partial charge in [0.1, 0.15) is 5.60 Å². The first kappa shape index (κ1) is 13.5. The van der Waals surface area contributed by atoms with Crippen LogP contribution in [-0.4, -0.2) is 25.4 Å². The number of ether oxygens (including phenoxy) is 2. The molecular weight excluding hydrogens is 226 g/mol. The first-order valence-corrected chi connectivity index (χ1v) is 6.63. The Labute approximate surface area is 109 Å². The minimum Gasteiger partial charge on any atom is -0.378 e. The summed E-state index contributed by atoms with van der Waals surface area (Å²) in [5.74, 6) is 0. The molecule has 1 aliphatic heterocycles. The molecule has 2 N–H and O–H groups in total. The predicted octanol–water partition coefficient (Wildman–Crippen LogP) is 2.33. The van der Waals surface area contributed by atoms with E-state index in [9.17, 15) is 0 Å². The van der Waals surface area contributed by atoms with Gasteiger partial charge in [-0.25, -0.2) is 0 Å². The van der Waals surface area contributed by atoms with Gasteiger partial charge >= 0.3 is 0 Å². The summed E-state index contributed by atoms with van der Waals surface area (Å²) >= 11 is 0. The van der Waals surface area contributed by atoms with E-state index in [2.05, 4.69) is 32.0 Å². The summed E-state index contributed by atoms with van der Waals surface area (Å²) in [4.78, 5) is 0. The summed E-state index contributed by atoms with van der Waals surface area (Å²) < 4.78 is 11.6. The maximum Gasteiger partial charge on any atom is 0.104 e. The molecule has 1 heterocycles. The van der Waals surface area contributed by atoms with Gasteiger partial charge in [-0.1, -0.05) is 23.8 Å². The monoisotopic (exact) mass is 249 g/mol. The Kier molecular flexibility index (Phi) is 4.38. The van der Waals surface area contributed by atoms with E-state index >= 15 is 0 Å². The van der Waals surface area contributed by atoms with Crippen LogP contribution in [0.1, 0.15) is 29.5 Å². The van der Waals surface area contributed by atoms with Gasteiger partial charge in [0.15, 0.2) is 0 Å². The second-order valence-electron chi connectivity index (χ2n) is 5.26. The van der Waals surface area contributed by atoms with Crippen LogP contribution < -0.4 is 5.73 Å². The van der Waals surface area contributed by atoms with E-state index in [-0.39, 0.29) is 5.60 Å². The molecule has 100 valence electrons. The fourth-order valence-corrected chi connectivity index (χ4v) is 2.35. The fourth-order valence-electron chi connectivity index (χ4n) is 2.35. The molecule has 0 spiro atoms. The van der Waals surface area contributed by atoms with Gasteiger partial charge in [-0.2, -0.15) is 0 Å². The van der Waals surface area contributed by atoms with E-state index in [0.29, 0.717) is 19.8 Å². The molecule has 1 unspecified atom stereocenters. The highest BCUT2D eigenvalue weighted by molar-refractivity contribution is 5.29. The highest BCUT2D eigenvalue weighted by Gasteiger charge is 2.32. The molecule has 0 bridgehead atoms. The SMILES string of the molecule is Cc1ccc(C)c(COC2(CN)CCCOC2)c1. The molecule has 2 rings (SSSR count). The maximum absolute atomic E-state index is 6.09. The predicted molar refractivity (Wildman–Crippen MR) is 72.5 cm³/mol. The number of hydrogen-bond acceptors (Lipinski definition) is 3. The van der Waals surface area contributed by atoms with E-state index in [1.807, 2.05) is 0 Å². The summed E-state index contributed by atoms with van der Waals surface area (Å²) in [6.45, 7) is 6.81. The Bertz CT molecular complexity index is 397. The molecule has 1 saturated heterocycles. The van der Waals surface area contributed by atoms with Crippen LogP contribution in [0.2, 0.25) is 0 Å². The minimum atomic E-state index is -0.283. The number of benzene rings is 1. The Hall–Kier alpha value is -0.900.